The number of ketones is 1. The molecule has 3 aromatic rings. The molecule has 1 amide bonds. The summed E-state index contributed by atoms with van der Waals surface area (Å²) in [5.41, 5.74) is 1.75. The highest BCUT2D eigenvalue weighted by atomic mass is 16.5. The largest absolute Gasteiger partial charge is 0.507 e. The molecule has 1 fully saturated rings. The first-order chi connectivity index (χ1) is 17.8. The molecule has 37 heavy (non-hydrogen) atoms. The summed E-state index contributed by atoms with van der Waals surface area (Å²) >= 11 is 0. The normalized spacial score (nSPS) is 16.8. The molecular weight excluding hydrogens is 472 g/mol. The van der Waals surface area contributed by atoms with E-state index in [1.165, 1.54) is 12.0 Å². The van der Waals surface area contributed by atoms with Crippen molar-refractivity contribution >= 4 is 17.4 Å². The summed E-state index contributed by atoms with van der Waals surface area (Å²) in [6, 6.07) is 14.7. The molecule has 1 aromatic heterocycles. The first-order valence-corrected chi connectivity index (χ1v) is 12.1. The van der Waals surface area contributed by atoms with Crippen molar-refractivity contribution in [2.24, 2.45) is 0 Å². The van der Waals surface area contributed by atoms with Gasteiger partial charge in [0.05, 0.1) is 31.4 Å². The van der Waals surface area contributed by atoms with Crippen LogP contribution < -0.4 is 14.2 Å². The van der Waals surface area contributed by atoms with Gasteiger partial charge in [0.25, 0.3) is 11.7 Å². The number of ether oxygens (including phenoxy) is 3. The molecule has 4 rings (SSSR count). The summed E-state index contributed by atoms with van der Waals surface area (Å²) in [6.45, 7) is 6.29. The predicted octanol–water partition coefficient (Wildman–Crippen LogP) is 4.90. The van der Waals surface area contributed by atoms with Crippen LogP contribution in [0.15, 0.2) is 72.6 Å². The van der Waals surface area contributed by atoms with Crippen molar-refractivity contribution < 1.29 is 28.9 Å². The van der Waals surface area contributed by atoms with Gasteiger partial charge in [-0.2, -0.15) is 0 Å². The van der Waals surface area contributed by atoms with E-state index in [4.69, 9.17) is 14.2 Å². The Hall–Kier alpha value is -4.33. The van der Waals surface area contributed by atoms with Crippen molar-refractivity contribution in [1.29, 1.82) is 0 Å². The molecule has 8 heteroatoms. The standard InChI is InChI=1S/C29H30N2O6/c1-5-36-23-13-10-21(15-24(23)35-4)26-25(27(32)20-8-11-22(12-9-20)37-18(2)3)28(33)29(34)31(26)17-19-7-6-14-30-16-19/h6-16,18,26,32H,5,17H2,1-4H3/t26-/m0/s1. The van der Waals surface area contributed by atoms with E-state index in [0.29, 0.717) is 35.0 Å². The zero-order chi connectivity index (χ0) is 26.5. The molecule has 1 N–H and O–H groups in total. The second-order valence-corrected chi connectivity index (χ2v) is 8.82. The van der Waals surface area contributed by atoms with E-state index in [-0.39, 0.29) is 24.0 Å². The van der Waals surface area contributed by atoms with Crippen LogP contribution in [0.2, 0.25) is 0 Å². The van der Waals surface area contributed by atoms with Crippen LogP contribution >= 0.6 is 0 Å². The number of carbonyl (C=O) groups excluding carboxylic acids is 2. The zero-order valence-corrected chi connectivity index (χ0v) is 21.3. The molecule has 0 radical (unpaired) electrons. The number of pyridine rings is 1. The molecule has 1 aliphatic heterocycles. The number of carbonyl (C=O) groups is 2. The lowest BCUT2D eigenvalue weighted by Crippen LogP contribution is -2.29. The summed E-state index contributed by atoms with van der Waals surface area (Å²) in [4.78, 5) is 32.2. The second-order valence-electron chi connectivity index (χ2n) is 8.82. The van der Waals surface area contributed by atoms with E-state index in [1.807, 2.05) is 26.8 Å². The van der Waals surface area contributed by atoms with E-state index < -0.39 is 17.7 Å². The molecule has 0 aliphatic carbocycles. The van der Waals surface area contributed by atoms with E-state index in [1.54, 1.807) is 60.9 Å². The van der Waals surface area contributed by atoms with Gasteiger partial charge in [0.2, 0.25) is 0 Å². The second kappa shape index (κ2) is 11.2. The molecule has 2 heterocycles. The third-order valence-corrected chi connectivity index (χ3v) is 5.92. The lowest BCUT2D eigenvalue weighted by molar-refractivity contribution is -0.140. The topological polar surface area (TPSA) is 98.2 Å². The maximum absolute atomic E-state index is 13.3. The Morgan fingerprint density at radius 2 is 1.84 bits per heavy atom. The maximum atomic E-state index is 13.3. The number of Topliss-reactive ketones (excluding diaryl/α,β-unsaturated/α-hetero) is 1. The Balaban J connectivity index is 1.83. The number of aliphatic hydroxyl groups excluding tert-OH is 1. The minimum absolute atomic E-state index is 0.00219. The number of hydrogen-bond acceptors (Lipinski definition) is 7. The van der Waals surface area contributed by atoms with E-state index in [2.05, 4.69) is 4.98 Å². The van der Waals surface area contributed by atoms with Crippen molar-refractivity contribution in [3.63, 3.8) is 0 Å². The number of hydrogen-bond donors (Lipinski definition) is 1. The molecule has 192 valence electrons. The van der Waals surface area contributed by atoms with Crippen molar-refractivity contribution in [2.45, 2.75) is 39.5 Å². The van der Waals surface area contributed by atoms with Crippen molar-refractivity contribution in [3.05, 3.63) is 89.3 Å². The third-order valence-electron chi connectivity index (χ3n) is 5.92. The number of aromatic nitrogens is 1. The highest BCUT2D eigenvalue weighted by Gasteiger charge is 2.46. The summed E-state index contributed by atoms with van der Waals surface area (Å²) in [5, 5.41) is 11.3. The van der Waals surface area contributed by atoms with Crippen LogP contribution in [0.1, 0.15) is 43.5 Å². The summed E-state index contributed by atoms with van der Waals surface area (Å²) in [6.07, 6.45) is 3.27. The van der Waals surface area contributed by atoms with E-state index in [9.17, 15) is 14.7 Å². The Kier molecular flexibility index (Phi) is 7.77. The van der Waals surface area contributed by atoms with Crippen LogP contribution in [0.3, 0.4) is 0 Å². The first kappa shape index (κ1) is 25.8. The van der Waals surface area contributed by atoms with Gasteiger partial charge in [-0.15, -0.1) is 0 Å². The third kappa shape index (κ3) is 5.43. The van der Waals surface area contributed by atoms with Gasteiger partial charge in [-0.3, -0.25) is 14.6 Å². The highest BCUT2D eigenvalue weighted by Crippen LogP contribution is 2.42. The lowest BCUT2D eigenvalue weighted by Gasteiger charge is -2.26. The Morgan fingerprint density at radius 1 is 1.08 bits per heavy atom. The highest BCUT2D eigenvalue weighted by molar-refractivity contribution is 6.46. The average molecular weight is 503 g/mol. The minimum atomic E-state index is -0.851. The Morgan fingerprint density at radius 3 is 2.46 bits per heavy atom. The van der Waals surface area contributed by atoms with Crippen molar-refractivity contribution in [2.75, 3.05) is 13.7 Å². The number of methoxy groups -OCH3 is 1. The van der Waals surface area contributed by atoms with Crippen LogP contribution in [0.5, 0.6) is 17.2 Å². The molecule has 1 saturated heterocycles. The van der Waals surface area contributed by atoms with E-state index >= 15 is 0 Å². The minimum Gasteiger partial charge on any atom is -0.507 e. The van der Waals surface area contributed by atoms with Gasteiger partial charge in [0.15, 0.2) is 11.5 Å². The fourth-order valence-corrected chi connectivity index (χ4v) is 4.33. The lowest BCUT2D eigenvalue weighted by atomic mass is 9.94. The zero-order valence-electron chi connectivity index (χ0n) is 21.3. The average Bonchev–Trinajstić information content (AvgIpc) is 3.14. The first-order valence-electron chi connectivity index (χ1n) is 12.1. The fraction of sp³-hybridized carbons (Fsp3) is 0.276. The molecule has 0 spiro atoms. The van der Waals surface area contributed by atoms with Crippen LogP contribution in [0, 0.1) is 0 Å². The summed E-state index contributed by atoms with van der Waals surface area (Å²) in [5.74, 6) is -0.0951. The van der Waals surface area contributed by atoms with Crippen molar-refractivity contribution in [1.82, 2.24) is 9.88 Å². The number of amides is 1. The Labute approximate surface area is 216 Å². The van der Waals surface area contributed by atoms with Crippen LogP contribution in [-0.4, -0.2) is 46.5 Å². The van der Waals surface area contributed by atoms with Gasteiger partial charge in [-0.1, -0.05) is 12.1 Å². The molecule has 0 bridgehead atoms. The smallest absolute Gasteiger partial charge is 0.295 e. The quantitative estimate of drug-likeness (QED) is 0.253. The Bertz CT molecular complexity index is 1300. The molecule has 1 atom stereocenters. The number of likely N-dealkylation sites (tertiary alicyclic amines) is 1. The number of aliphatic hydroxyl groups is 1. The van der Waals surface area contributed by atoms with Gasteiger partial charge in [0.1, 0.15) is 11.5 Å². The fourth-order valence-electron chi connectivity index (χ4n) is 4.33. The number of rotatable bonds is 9. The summed E-state index contributed by atoms with van der Waals surface area (Å²) < 4.78 is 16.8. The van der Waals surface area contributed by atoms with Crippen molar-refractivity contribution in [3.8, 4) is 17.2 Å². The van der Waals surface area contributed by atoms with E-state index in [0.717, 1.165) is 5.56 Å². The molecule has 2 aromatic carbocycles. The van der Waals surface area contributed by atoms with Gasteiger partial charge < -0.3 is 24.2 Å². The SMILES string of the molecule is CCOc1ccc([C@H]2C(=C(O)c3ccc(OC(C)C)cc3)C(=O)C(=O)N2Cc2cccnc2)cc1OC. The molecular formula is C29H30N2O6. The number of benzene rings is 2. The maximum Gasteiger partial charge on any atom is 0.295 e. The molecule has 8 nitrogen and oxygen atoms in total. The molecule has 0 unspecified atom stereocenters. The number of nitrogens with zero attached hydrogens (tertiary/aromatic N) is 2. The summed E-state index contributed by atoms with van der Waals surface area (Å²) in [7, 11) is 1.52. The van der Waals surface area contributed by atoms with Gasteiger partial charge >= 0.3 is 0 Å². The predicted molar refractivity (Wildman–Crippen MR) is 138 cm³/mol. The van der Waals surface area contributed by atoms with Crippen LogP contribution in [0.25, 0.3) is 5.76 Å². The van der Waals surface area contributed by atoms with Gasteiger partial charge in [0, 0.05) is 24.5 Å². The van der Waals surface area contributed by atoms with Crippen LogP contribution in [0.4, 0.5) is 0 Å². The van der Waals surface area contributed by atoms with Gasteiger partial charge in [-0.25, -0.2) is 0 Å². The van der Waals surface area contributed by atoms with Crippen LogP contribution in [-0.2, 0) is 16.1 Å². The monoisotopic (exact) mass is 502 g/mol. The molecule has 1 aliphatic rings. The molecule has 0 saturated carbocycles. The van der Waals surface area contributed by atoms with Gasteiger partial charge in [-0.05, 0) is 74.4 Å².